The summed E-state index contributed by atoms with van der Waals surface area (Å²) in [5.41, 5.74) is 1.37. The van der Waals surface area contributed by atoms with Gasteiger partial charge < -0.3 is 0 Å². The predicted octanol–water partition coefficient (Wildman–Crippen LogP) is 3.95. The van der Waals surface area contributed by atoms with Crippen LogP contribution in [0.25, 0.3) is 20.5 Å². The number of benzene rings is 2. The molecule has 0 nitrogen and oxygen atoms in total. The van der Waals surface area contributed by atoms with Crippen LogP contribution in [0.5, 0.6) is 0 Å². The van der Waals surface area contributed by atoms with E-state index in [2.05, 4.69) is 59.6 Å². The molecule has 0 fully saturated rings. The molecule has 1 heterocycles. The van der Waals surface area contributed by atoms with E-state index in [0.29, 0.717) is 0 Å². The van der Waals surface area contributed by atoms with Crippen molar-refractivity contribution in [1.82, 2.24) is 0 Å². The quantitative estimate of drug-likeness (QED) is 0.613. The molecular weight excluding hydrogens is 340 g/mol. The van der Waals surface area contributed by atoms with Crippen LogP contribution < -0.4 is 3.61 Å². The summed E-state index contributed by atoms with van der Waals surface area (Å²) in [6.07, 6.45) is 0. The fourth-order valence-corrected chi connectivity index (χ4v) is 6.23. The minimum atomic E-state index is -0.0712. The van der Waals surface area contributed by atoms with E-state index in [1.54, 1.807) is 3.61 Å². The number of hydrogen-bond acceptors (Lipinski definition) is 1. The molecule has 3 rings (SSSR count). The van der Waals surface area contributed by atoms with E-state index >= 15 is 0 Å². The summed E-state index contributed by atoms with van der Waals surface area (Å²) in [6.45, 7) is 0. The van der Waals surface area contributed by atoms with Gasteiger partial charge in [-0.05, 0) is 0 Å². The van der Waals surface area contributed by atoms with Crippen molar-refractivity contribution in [2.24, 2.45) is 0 Å². The Labute approximate surface area is 115 Å². The van der Waals surface area contributed by atoms with Crippen LogP contribution in [-0.4, -0.2) is 20.9 Å². The molecular formula is C15H12STe. The van der Waals surface area contributed by atoms with Crippen LogP contribution in [0.4, 0.5) is 0 Å². The average Bonchev–Trinajstić information content (AvgIpc) is 2.78. The Morgan fingerprint density at radius 1 is 0.882 bits per heavy atom. The molecule has 0 amide bonds. The first-order valence-electron chi connectivity index (χ1n) is 5.51. The fraction of sp³-hybridized carbons (Fsp3) is 0.0667. The first-order chi connectivity index (χ1) is 8.40. The van der Waals surface area contributed by atoms with E-state index in [9.17, 15) is 0 Å². The molecule has 2 heteroatoms. The van der Waals surface area contributed by atoms with E-state index in [0.717, 1.165) is 0 Å². The molecule has 0 aliphatic carbocycles. The third kappa shape index (κ3) is 2.02. The van der Waals surface area contributed by atoms with Crippen LogP contribution >= 0.6 is 11.3 Å². The average molecular weight is 352 g/mol. The molecule has 0 spiro atoms. The van der Waals surface area contributed by atoms with Crippen molar-refractivity contribution in [2.75, 3.05) is 0 Å². The Balaban J connectivity index is 2.30. The van der Waals surface area contributed by atoms with Gasteiger partial charge in [0.25, 0.3) is 0 Å². The second kappa shape index (κ2) is 4.82. The maximum atomic E-state index is 2.37. The number of thiophene rings is 1. The van der Waals surface area contributed by atoms with Gasteiger partial charge in [0.1, 0.15) is 0 Å². The Morgan fingerprint density at radius 2 is 1.59 bits per heavy atom. The van der Waals surface area contributed by atoms with E-state index in [4.69, 9.17) is 0 Å². The second-order valence-electron chi connectivity index (χ2n) is 3.83. The molecule has 0 bridgehead atoms. The summed E-state index contributed by atoms with van der Waals surface area (Å²) in [4.78, 5) is 3.85. The van der Waals surface area contributed by atoms with E-state index in [1.165, 1.54) is 20.5 Å². The standard InChI is InChI=1S/C15H12STe/c1-17-15-12-9-5-6-10-13(12)16-14(15)11-7-3-2-4-8-11/h2-10H,1H3. The Morgan fingerprint density at radius 3 is 2.35 bits per heavy atom. The van der Waals surface area contributed by atoms with Crippen LogP contribution in [0.15, 0.2) is 54.6 Å². The molecule has 0 aliphatic heterocycles. The van der Waals surface area contributed by atoms with Crippen LogP contribution in [0.1, 0.15) is 0 Å². The van der Waals surface area contributed by atoms with Crippen LogP contribution in [0.2, 0.25) is 4.97 Å². The van der Waals surface area contributed by atoms with Crippen LogP contribution in [0.3, 0.4) is 0 Å². The van der Waals surface area contributed by atoms with Gasteiger partial charge in [0.15, 0.2) is 0 Å². The summed E-state index contributed by atoms with van der Waals surface area (Å²) >= 11 is 1.86. The molecule has 2 aromatic carbocycles. The predicted molar refractivity (Wildman–Crippen MR) is 78.5 cm³/mol. The topological polar surface area (TPSA) is 0 Å². The van der Waals surface area contributed by atoms with Crippen molar-refractivity contribution in [3.8, 4) is 10.4 Å². The first kappa shape index (κ1) is 11.3. The van der Waals surface area contributed by atoms with Gasteiger partial charge in [0.2, 0.25) is 0 Å². The first-order valence-corrected chi connectivity index (χ1v) is 9.82. The summed E-state index contributed by atoms with van der Waals surface area (Å²) in [5, 5.41) is 1.47. The molecule has 84 valence electrons. The van der Waals surface area contributed by atoms with Gasteiger partial charge in [-0.15, -0.1) is 0 Å². The summed E-state index contributed by atoms with van der Waals surface area (Å²) in [7, 11) is 0. The second-order valence-corrected chi connectivity index (χ2v) is 7.21. The van der Waals surface area contributed by atoms with Crippen molar-refractivity contribution in [1.29, 1.82) is 0 Å². The van der Waals surface area contributed by atoms with Crippen molar-refractivity contribution >= 4 is 46.0 Å². The van der Waals surface area contributed by atoms with E-state index in [1.807, 2.05) is 11.3 Å². The molecule has 0 radical (unpaired) electrons. The van der Waals surface area contributed by atoms with Crippen LogP contribution in [0, 0.1) is 0 Å². The monoisotopic (exact) mass is 354 g/mol. The van der Waals surface area contributed by atoms with Gasteiger partial charge in [-0.2, -0.15) is 0 Å². The van der Waals surface area contributed by atoms with Crippen molar-refractivity contribution < 1.29 is 0 Å². The molecule has 0 N–H and O–H groups in total. The molecule has 0 saturated carbocycles. The Kier molecular flexibility index (Phi) is 3.20. The van der Waals surface area contributed by atoms with Crippen molar-refractivity contribution in [2.45, 2.75) is 4.97 Å². The third-order valence-corrected chi connectivity index (χ3v) is 6.79. The number of hydrogen-bond donors (Lipinski definition) is 0. The van der Waals surface area contributed by atoms with Gasteiger partial charge in [-0.1, -0.05) is 0 Å². The fourth-order valence-electron chi connectivity index (χ4n) is 2.00. The summed E-state index contributed by atoms with van der Waals surface area (Å²) < 4.78 is 3.04. The van der Waals surface area contributed by atoms with Gasteiger partial charge in [-0.3, -0.25) is 0 Å². The van der Waals surface area contributed by atoms with Gasteiger partial charge in [0, 0.05) is 0 Å². The zero-order chi connectivity index (χ0) is 11.7. The van der Waals surface area contributed by atoms with E-state index in [-0.39, 0.29) is 20.9 Å². The van der Waals surface area contributed by atoms with Gasteiger partial charge >= 0.3 is 116 Å². The maximum absolute atomic E-state index is 2.37. The summed E-state index contributed by atoms with van der Waals surface area (Å²) in [6, 6.07) is 19.6. The zero-order valence-electron chi connectivity index (χ0n) is 9.51. The minimum absolute atomic E-state index is 0.0712. The molecule has 0 saturated heterocycles. The van der Waals surface area contributed by atoms with Crippen molar-refractivity contribution in [3.05, 3.63) is 54.6 Å². The molecule has 0 unspecified atom stereocenters. The van der Waals surface area contributed by atoms with E-state index < -0.39 is 0 Å². The number of rotatable bonds is 2. The summed E-state index contributed by atoms with van der Waals surface area (Å²) in [5.74, 6) is 0. The molecule has 17 heavy (non-hydrogen) atoms. The van der Waals surface area contributed by atoms with Crippen molar-refractivity contribution in [3.63, 3.8) is 0 Å². The van der Waals surface area contributed by atoms with Crippen LogP contribution in [-0.2, 0) is 0 Å². The normalized spacial score (nSPS) is 10.9. The SMILES string of the molecule is C[Te]c1c(-c2ccccc2)sc2ccccc12. The molecule has 0 atom stereocenters. The molecule has 0 aliphatic rings. The Bertz CT molecular complexity index is 640. The molecule has 1 aromatic heterocycles. The van der Waals surface area contributed by atoms with Gasteiger partial charge in [0.05, 0.1) is 0 Å². The zero-order valence-corrected chi connectivity index (χ0v) is 12.7. The molecule has 3 aromatic rings. The third-order valence-electron chi connectivity index (χ3n) is 2.79. The van der Waals surface area contributed by atoms with Gasteiger partial charge in [-0.25, -0.2) is 0 Å². The number of fused-ring (bicyclic) bond motifs is 1. The Hall–Kier alpha value is -0.810.